The quantitative estimate of drug-likeness (QED) is 0.870. The van der Waals surface area contributed by atoms with Crippen LogP contribution in [-0.2, 0) is 23.3 Å². The molecule has 2 heterocycles. The van der Waals surface area contributed by atoms with Crippen molar-refractivity contribution in [3.05, 3.63) is 46.8 Å². The molecule has 0 bridgehead atoms. The summed E-state index contributed by atoms with van der Waals surface area (Å²) < 4.78 is 10.2. The van der Waals surface area contributed by atoms with Crippen molar-refractivity contribution in [1.82, 2.24) is 15.4 Å². The number of hydrogen-bond donors (Lipinski definition) is 1. The molecule has 1 fully saturated rings. The number of imide groups is 1. The molecule has 124 valence electrons. The number of aryl methyl sites for hydroxylation is 2. The van der Waals surface area contributed by atoms with Crippen molar-refractivity contribution in [3.63, 3.8) is 0 Å². The van der Waals surface area contributed by atoms with Gasteiger partial charge in [-0.05, 0) is 43.0 Å². The van der Waals surface area contributed by atoms with Crippen molar-refractivity contribution in [3.8, 4) is 5.75 Å². The lowest BCUT2D eigenvalue weighted by Crippen LogP contribution is -2.41. The molecule has 2 aromatic rings. The largest absolute Gasteiger partial charge is 0.497 e. The van der Waals surface area contributed by atoms with Crippen molar-refractivity contribution >= 4 is 11.9 Å². The predicted molar refractivity (Wildman–Crippen MR) is 83.3 cm³/mol. The molecule has 1 aliphatic heterocycles. The average molecular weight is 327 g/mol. The predicted octanol–water partition coefficient (Wildman–Crippen LogP) is 1.89. The number of carbonyl (C=O) groups excluding carboxylic acids is 2. The normalized spacial score (nSPS) is 22.2. The van der Waals surface area contributed by atoms with Crippen molar-refractivity contribution in [1.29, 1.82) is 0 Å². The number of amides is 3. The number of nitrogens with zero attached hydrogens (tertiary/aromatic N) is 2. The van der Waals surface area contributed by atoms with Gasteiger partial charge in [0, 0.05) is 5.56 Å². The van der Waals surface area contributed by atoms with Crippen LogP contribution in [0.2, 0.25) is 0 Å². The smallest absolute Gasteiger partial charge is 0.325 e. The lowest BCUT2D eigenvalue weighted by atomic mass is 9.91. The highest BCUT2D eigenvalue weighted by molar-refractivity contribution is 6.08. The molecule has 0 unspecified atom stereocenters. The zero-order valence-corrected chi connectivity index (χ0v) is 13.5. The Balaban J connectivity index is 1.71. The molecule has 2 aliphatic rings. The summed E-state index contributed by atoms with van der Waals surface area (Å²) in [5.41, 5.74) is 2.29. The van der Waals surface area contributed by atoms with Crippen molar-refractivity contribution in [2.75, 3.05) is 7.11 Å². The molecule has 0 radical (unpaired) electrons. The minimum absolute atomic E-state index is 0.154. The average Bonchev–Trinajstić information content (AvgIpc) is 3.22. The van der Waals surface area contributed by atoms with Gasteiger partial charge in [-0.15, -0.1) is 0 Å². The third kappa shape index (κ3) is 1.94. The third-order valence-electron chi connectivity index (χ3n) is 4.90. The zero-order chi connectivity index (χ0) is 16.9. The molecule has 7 heteroatoms. The molecule has 24 heavy (non-hydrogen) atoms. The molecular weight excluding hydrogens is 310 g/mol. The van der Waals surface area contributed by atoms with E-state index in [-0.39, 0.29) is 12.5 Å². The van der Waals surface area contributed by atoms with Crippen LogP contribution in [-0.4, -0.2) is 29.1 Å². The number of urea groups is 1. The first-order valence-electron chi connectivity index (χ1n) is 7.76. The Hall–Kier alpha value is -2.83. The fourth-order valence-corrected chi connectivity index (χ4v) is 3.51. The molecule has 3 amide bonds. The van der Waals surface area contributed by atoms with E-state index < -0.39 is 11.6 Å². The van der Waals surface area contributed by atoms with Crippen molar-refractivity contribution in [2.45, 2.75) is 31.8 Å². The highest BCUT2D eigenvalue weighted by Gasteiger charge is 2.55. The van der Waals surface area contributed by atoms with Crippen LogP contribution in [0.5, 0.6) is 5.75 Å². The van der Waals surface area contributed by atoms with E-state index in [0.29, 0.717) is 17.9 Å². The number of ether oxygens (including phenoxy) is 1. The molecule has 1 spiro atoms. The number of hydrogen-bond acceptors (Lipinski definition) is 5. The molecule has 7 nitrogen and oxygen atoms in total. The van der Waals surface area contributed by atoms with Crippen LogP contribution in [0, 0.1) is 6.92 Å². The SMILES string of the molecule is COc1ccc2c(c1)[C@]1(CC2)NC(=O)N(Cc2conc2C)C1=O. The highest BCUT2D eigenvalue weighted by atomic mass is 16.5. The number of methoxy groups -OCH3 is 1. The lowest BCUT2D eigenvalue weighted by Gasteiger charge is -2.22. The van der Waals surface area contributed by atoms with E-state index in [9.17, 15) is 9.59 Å². The maximum absolute atomic E-state index is 13.1. The van der Waals surface area contributed by atoms with Gasteiger partial charge in [-0.2, -0.15) is 0 Å². The maximum Gasteiger partial charge on any atom is 0.325 e. The zero-order valence-electron chi connectivity index (χ0n) is 13.5. The van der Waals surface area contributed by atoms with E-state index in [1.165, 1.54) is 11.2 Å². The van der Waals surface area contributed by atoms with Crippen LogP contribution < -0.4 is 10.1 Å². The van der Waals surface area contributed by atoms with Gasteiger partial charge in [-0.1, -0.05) is 11.2 Å². The Morgan fingerprint density at radius 2 is 2.25 bits per heavy atom. The highest BCUT2D eigenvalue weighted by Crippen LogP contribution is 2.43. The second-order valence-electron chi connectivity index (χ2n) is 6.18. The summed E-state index contributed by atoms with van der Waals surface area (Å²) in [6, 6.07) is 5.28. The lowest BCUT2D eigenvalue weighted by molar-refractivity contribution is -0.132. The second kappa shape index (κ2) is 5.09. The molecule has 1 aromatic heterocycles. The molecule has 1 atom stereocenters. The van der Waals surface area contributed by atoms with Crippen LogP contribution in [0.4, 0.5) is 4.79 Å². The molecular formula is C17H17N3O4. The molecule has 1 aliphatic carbocycles. The van der Waals surface area contributed by atoms with Crippen LogP contribution >= 0.6 is 0 Å². The summed E-state index contributed by atoms with van der Waals surface area (Å²) in [7, 11) is 1.58. The molecule has 0 saturated carbocycles. The fourth-order valence-electron chi connectivity index (χ4n) is 3.51. The Bertz CT molecular complexity index is 844. The second-order valence-corrected chi connectivity index (χ2v) is 6.18. The summed E-state index contributed by atoms with van der Waals surface area (Å²) in [4.78, 5) is 26.8. The van der Waals surface area contributed by atoms with E-state index in [1.54, 1.807) is 14.0 Å². The first kappa shape index (κ1) is 14.7. The fraction of sp³-hybridized carbons (Fsp3) is 0.353. The third-order valence-corrected chi connectivity index (χ3v) is 4.90. The van der Waals surface area contributed by atoms with E-state index >= 15 is 0 Å². The molecule has 1 saturated heterocycles. The maximum atomic E-state index is 13.1. The number of rotatable bonds is 3. The van der Waals surface area contributed by atoms with Crippen molar-refractivity contribution in [2.24, 2.45) is 0 Å². The number of carbonyl (C=O) groups is 2. The molecule has 1 aromatic carbocycles. The van der Waals surface area contributed by atoms with Gasteiger partial charge in [0.25, 0.3) is 5.91 Å². The monoisotopic (exact) mass is 327 g/mol. The standard InChI is InChI=1S/C17H17N3O4/c1-10-12(9-24-19-10)8-20-15(21)17(18-16(20)22)6-5-11-3-4-13(23-2)7-14(11)17/h3-4,7,9H,5-6,8H2,1-2H3,(H,18,22)/t17-/m0/s1. The van der Waals surface area contributed by atoms with Gasteiger partial charge in [-0.3, -0.25) is 9.69 Å². The van der Waals surface area contributed by atoms with Gasteiger partial charge in [-0.25, -0.2) is 4.79 Å². The van der Waals surface area contributed by atoms with Gasteiger partial charge in [0.15, 0.2) is 0 Å². The summed E-state index contributed by atoms with van der Waals surface area (Å²) >= 11 is 0. The summed E-state index contributed by atoms with van der Waals surface area (Å²) in [6.45, 7) is 1.93. The first-order chi connectivity index (χ1) is 11.5. The number of nitrogens with one attached hydrogen (secondary N) is 1. The summed E-state index contributed by atoms with van der Waals surface area (Å²) in [5, 5.41) is 6.69. The minimum atomic E-state index is -0.994. The van der Waals surface area contributed by atoms with Gasteiger partial charge >= 0.3 is 6.03 Å². The van der Waals surface area contributed by atoms with Crippen LogP contribution in [0.3, 0.4) is 0 Å². The van der Waals surface area contributed by atoms with E-state index in [4.69, 9.17) is 9.26 Å². The Morgan fingerprint density at radius 3 is 2.96 bits per heavy atom. The Morgan fingerprint density at radius 1 is 1.42 bits per heavy atom. The van der Waals surface area contributed by atoms with Crippen LogP contribution in [0.25, 0.3) is 0 Å². The molecule has 1 N–H and O–H groups in total. The van der Waals surface area contributed by atoms with Crippen molar-refractivity contribution < 1.29 is 18.8 Å². The van der Waals surface area contributed by atoms with Crippen LogP contribution in [0.15, 0.2) is 29.0 Å². The van der Waals surface area contributed by atoms with Gasteiger partial charge in [0.2, 0.25) is 0 Å². The van der Waals surface area contributed by atoms with Crippen LogP contribution in [0.1, 0.15) is 28.8 Å². The summed E-state index contributed by atoms with van der Waals surface area (Å²) in [5.74, 6) is 0.436. The summed E-state index contributed by atoms with van der Waals surface area (Å²) in [6.07, 6.45) is 2.76. The number of benzene rings is 1. The van der Waals surface area contributed by atoms with Gasteiger partial charge < -0.3 is 14.6 Å². The van der Waals surface area contributed by atoms with E-state index in [1.807, 2.05) is 18.2 Å². The van der Waals surface area contributed by atoms with E-state index in [0.717, 1.165) is 23.1 Å². The Kier molecular flexibility index (Phi) is 3.13. The van der Waals surface area contributed by atoms with Gasteiger partial charge in [0.05, 0.1) is 19.3 Å². The minimum Gasteiger partial charge on any atom is -0.497 e. The Labute approximate surface area is 138 Å². The number of fused-ring (bicyclic) bond motifs is 2. The van der Waals surface area contributed by atoms with E-state index in [2.05, 4.69) is 10.5 Å². The molecule has 4 rings (SSSR count). The first-order valence-corrected chi connectivity index (χ1v) is 7.76. The number of aromatic nitrogens is 1. The van der Waals surface area contributed by atoms with Gasteiger partial charge in [0.1, 0.15) is 17.6 Å². The topological polar surface area (TPSA) is 84.7 Å².